The Balaban J connectivity index is 1.37. The van der Waals surface area contributed by atoms with Gasteiger partial charge in [0.25, 0.3) is 5.91 Å². The van der Waals surface area contributed by atoms with Crippen molar-refractivity contribution in [2.24, 2.45) is 0 Å². The predicted octanol–water partition coefficient (Wildman–Crippen LogP) is 3.42. The molecule has 1 saturated heterocycles. The summed E-state index contributed by atoms with van der Waals surface area (Å²) >= 11 is 8.94. The second-order valence-electron chi connectivity index (χ2n) is 7.57. The number of thioether (sulfide) groups is 2. The molecule has 2 aliphatic rings. The SMILES string of the molecule is COc1ccc(COC(=O)C2=C(CCl)CS[C@@H]3[C@H](NC(=O)CSc4ccccc4)C(=O)N23)cc1. The number of halogens is 1. The van der Waals surface area contributed by atoms with Crippen molar-refractivity contribution < 1.29 is 23.9 Å². The van der Waals surface area contributed by atoms with Crippen molar-refractivity contribution in [3.63, 3.8) is 0 Å². The van der Waals surface area contributed by atoms with E-state index in [-0.39, 0.29) is 41.1 Å². The molecule has 2 aromatic rings. The Hall–Kier alpha value is -2.62. The minimum absolute atomic E-state index is 0.0542. The fraction of sp³-hybridized carbons (Fsp3) is 0.292. The standard InChI is InChI=1S/C24H23ClN2O5S2/c1-31-17-9-7-15(8-10-17)12-32-24(30)21-16(11-25)13-34-23-20(22(29)27(21)23)26-19(28)14-33-18-5-3-2-4-6-18/h2-10,20,23H,11-14H2,1H3,(H,26,28)/t20-,23-/m1/s1. The Morgan fingerprint density at radius 3 is 2.59 bits per heavy atom. The first kappa shape index (κ1) is 24.5. The van der Waals surface area contributed by atoms with Crippen molar-refractivity contribution in [3.05, 3.63) is 71.4 Å². The lowest BCUT2D eigenvalue weighted by atomic mass is 10.0. The number of carbonyl (C=O) groups excluding carboxylic acids is 3. The number of hydrogen-bond donors (Lipinski definition) is 1. The number of ether oxygens (including phenoxy) is 2. The number of amides is 2. The molecule has 2 aliphatic heterocycles. The molecule has 0 bridgehead atoms. The number of β-lactam (4-membered cyclic amide) rings is 1. The maximum absolute atomic E-state index is 12.9. The van der Waals surface area contributed by atoms with Gasteiger partial charge in [0.05, 0.1) is 12.9 Å². The molecule has 0 aliphatic carbocycles. The van der Waals surface area contributed by atoms with Crippen LogP contribution in [0.25, 0.3) is 0 Å². The Morgan fingerprint density at radius 2 is 1.91 bits per heavy atom. The van der Waals surface area contributed by atoms with Crippen LogP contribution < -0.4 is 10.1 Å². The molecule has 2 heterocycles. The Morgan fingerprint density at radius 1 is 1.18 bits per heavy atom. The number of esters is 1. The van der Waals surface area contributed by atoms with Gasteiger partial charge in [-0.2, -0.15) is 0 Å². The summed E-state index contributed by atoms with van der Waals surface area (Å²) in [4.78, 5) is 40.7. The molecule has 1 N–H and O–H groups in total. The fourth-order valence-electron chi connectivity index (χ4n) is 3.59. The van der Waals surface area contributed by atoms with E-state index in [1.807, 2.05) is 30.3 Å². The lowest BCUT2D eigenvalue weighted by Gasteiger charge is -2.49. The van der Waals surface area contributed by atoms with Gasteiger partial charge in [0, 0.05) is 16.5 Å². The molecule has 0 spiro atoms. The van der Waals surface area contributed by atoms with Gasteiger partial charge in [0.15, 0.2) is 0 Å². The van der Waals surface area contributed by atoms with Gasteiger partial charge in [0.1, 0.15) is 29.5 Å². The molecule has 178 valence electrons. The van der Waals surface area contributed by atoms with Gasteiger partial charge in [0.2, 0.25) is 5.91 Å². The van der Waals surface area contributed by atoms with E-state index >= 15 is 0 Å². The lowest BCUT2D eigenvalue weighted by molar-refractivity contribution is -0.153. The average molecular weight is 519 g/mol. The molecule has 0 saturated carbocycles. The highest BCUT2D eigenvalue weighted by Gasteiger charge is 2.54. The maximum Gasteiger partial charge on any atom is 0.355 e. The summed E-state index contributed by atoms with van der Waals surface area (Å²) in [6.45, 7) is 0.0542. The van der Waals surface area contributed by atoms with Gasteiger partial charge in [-0.3, -0.25) is 14.5 Å². The minimum Gasteiger partial charge on any atom is -0.497 e. The first-order valence-electron chi connectivity index (χ1n) is 10.5. The number of nitrogens with zero attached hydrogens (tertiary/aromatic N) is 1. The topological polar surface area (TPSA) is 84.9 Å². The molecule has 7 nitrogen and oxygen atoms in total. The molecule has 2 atom stereocenters. The van der Waals surface area contributed by atoms with Gasteiger partial charge in [-0.05, 0) is 35.4 Å². The second-order valence-corrected chi connectivity index (χ2v) is 9.99. The van der Waals surface area contributed by atoms with E-state index in [0.717, 1.165) is 10.5 Å². The van der Waals surface area contributed by atoms with Crippen LogP contribution in [0.15, 0.2) is 70.8 Å². The third-order valence-electron chi connectivity index (χ3n) is 5.36. The molecule has 4 rings (SSSR count). The second kappa shape index (κ2) is 11.2. The van der Waals surface area contributed by atoms with Crippen LogP contribution in [0.2, 0.25) is 0 Å². The first-order chi connectivity index (χ1) is 16.5. The van der Waals surface area contributed by atoms with Crippen molar-refractivity contribution >= 4 is 52.9 Å². The van der Waals surface area contributed by atoms with E-state index in [1.165, 1.54) is 28.4 Å². The summed E-state index contributed by atoms with van der Waals surface area (Å²) in [6, 6.07) is 16.0. The predicted molar refractivity (Wildman–Crippen MR) is 133 cm³/mol. The number of methoxy groups -OCH3 is 1. The summed E-state index contributed by atoms with van der Waals surface area (Å²) in [5.41, 5.74) is 1.61. The van der Waals surface area contributed by atoms with Crippen LogP contribution in [0.5, 0.6) is 5.75 Å². The lowest BCUT2D eigenvalue weighted by Crippen LogP contribution is -2.70. The maximum atomic E-state index is 12.9. The largest absolute Gasteiger partial charge is 0.497 e. The van der Waals surface area contributed by atoms with Crippen LogP contribution in [-0.4, -0.2) is 58.6 Å². The molecule has 0 radical (unpaired) electrons. The van der Waals surface area contributed by atoms with Crippen LogP contribution in [0.1, 0.15) is 5.56 Å². The highest BCUT2D eigenvalue weighted by atomic mass is 35.5. The van der Waals surface area contributed by atoms with E-state index in [1.54, 1.807) is 31.4 Å². The number of carbonyl (C=O) groups is 3. The number of hydrogen-bond acceptors (Lipinski definition) is 7. The quantitative estimate of drug-likeness (QED) is 0.235. The highest BCUT2D eigenvalue weighted by Crippen LogP contribution is 2.41. The van der Waals surface area contributed by atoms with Crippen LogP contribution >= 0.6 is 35.1 Å². The molecule has 2 amide bonds. The third kappa shape index (κ3) is 5.37. The van der Waals surface area contributed by atoms with Gasteiger partial charge in [-0.15, -0.1) is 35.1 Å². The molecule has 10 heteroatoms. The zero-order valence-electron chi connectivity index (χ0n) is 18.4. The van der Waals surface area contributed by atoms with Crippen molar-refractivity contribution in [1.82, 2.24) is 10.2 Å². The first-order valence-corrected chi connectivity index (χ1v) is 13.1. The van der Waals surface area contributed by atoms with Crippen LogP contribution in [-0.2, 0) is 25.7 Å². The van der Waals surface area contributed by atoms with Crippen molar-refractivity contribution in [3.8, 4) is 5.75 Å². The highest BCUT2D eigenvalue weighted by molar-refractivity contribution is 8.00. The van der Waals surface area contributed by atoms with E-state index < -0.39 is 12.0 Å². The third-order valence-corrected chi connectivity index (χ3v) is 8.03. The van der Waals surface area contributed by atoms with E-state index in [2.05, 4.69) is 5.32 Å². The molecular formula is C24H23ClN2O5S2. The Bertz CT molecular complexity index is 1090. The van der Waals surface area contributed by atoms with Gasteiger partial charge in [-0.1, -0.05) is 30.3 Å². The Labute approximate surface area is 211 Å². The minimum atomic E-state index is -0.685. The monoisotopic (exact) mass is 518 g/mol. The van der Waals surface area contributed by atoms with Gasteiger partial charge >= 0.3 is 5.97 Å². The molecule has 34 heavy (non-hydrogen) atoms. The van der Waals surface area contributed by atoms with Gasteiger partial charge in [-0.25, -0.2) is 4.79 Å². The van der Waals surface area contributed by atoms with Crippen LogP contribution in [0.3, 0.4) is 0 Å². The molecular weight excluding hydrogens is 496 g/mol. The zero-order valence-corrected chi connectivity index (χ0v) is 20.8. The molecule has 2 aromatic carbocycles. The number of fused-ring (bicyclic) bond motifs is 1. The summed E-state index contributed by atoms with van der Waals surface area (Å²) in [7, 11) is 1.58. The number of benzene rings is 2. The number of alkyl halides is 1. The van der Waals surface area contributed by atoms with E-state index in [0.29, 0.717) is 17.1 Å². The molecule has 0 aromatic heterocycles. The van der Waals surface area contributed by atoms with Crippen molar-refractivity contribution in [1.29, 1.82) is 0 Å². The summed E-state index contributed by atoms with van der Waals surface area (Å²) in [5.74, 6) is 0.324. The van der Waals surface area contributed by atoms with Crippen molar-refractivity contribution in [2.45, 2.75) is 22.9 Å². The number of nitrogens with one attached hydrogen (secondary N) is 1. The summed E-state index contributed by atoms with van der Waals surface area (Å²) in [6.07, 6.45) is 0. The van der Waals surface area contributed by atoms with E-state index in [4.69, 9.17) is 21.1 Å². The summed E-state index contributed by atoms with van der Waals surface area (Å²) in [5, 5.41) is 2.44. The normalized spacial score (nSPS) is 19.2. The van der Waals surface area contributed by atoms with Crippen LogP contribution in [0, 0.1) is 0 Å². The van der Waals surface area contributed by atoms with Gasteiger partial charge < -0.3 is 14.8 Å². The Kier molecular flexibility index (Phi) is 8.07. The fourth-order valence-corrected chi connectivity index (χ4v) is 6.00. The molecule has 1 fully saturated rings. The smallest absolute Gasteiger partial charge is 0.355 e. The number of rotatable bonds is 9. The van der Waals surface area contributed by atoms with Crippen LogP contribution in [0.4, 0.5) is 0 Å². The summed E-state index contributed by atoms with van der Waals surface area (Å²) < 4.78 is 10.6. The molecule has 0 unspecified atom stereocenters. The average Bonchev–Trinajstić information content (AvgIpc) is 2.89. The van der Waals surface area contributed by atoms with Crippen molar-refractivity contribution in [2.75, 3.05) is 24.5 Å². The zero-order chi connectivity index (χ0) is 24.1. The van der Waals surface area contributed by atoms with E-state index in [9.17, 15) is 14.4 Å².